The molecule has 7 nitrogen and oxygen atoms in total. The number of anilines is 2. The van der Waals surface area contributed by atoms with Crippen LogP contribution in [0.3, 0.4) is 0 Å². The average molecular weight is 529 g/mol. The predicted molar refractivity (Wildman–Crippen MR) is 144 cm³/mol. The summed E-state index contributed by atoms with van der Waals surface area (Å²) in [5.74, 6) is 1.00. The molecule has 0 unspecified atom stereocenters. The maximum Gasteiger partial charge on any atom is 0.271 e. The van der Waals surface area contributed by atoms with Gasteiger partial charge in [0, 0.05) is 23.3 Å². The number of nitrogens with zero attached hydrogens (tertiary/aromatic N) is 3. The number of hydrogen-bond acceptors (Lipinski definition) is 6. The van der Waals surface area contributed by atoms with Gasteiger partial charge in [0.25, 0.3) is 5.56 Å². The molecule has 0 saturated heterocycles. The highest BCUT2D eigenvalue weighted by Gasteiger charge is 2.32. The van der Waals surface area contributed by atoms with Crippen molar-refractivity contribution in [3.05, 3.63) is 51.4 Å². The normalized spacial score (nSPS) is 21.2. The van der Waals surface area contributed by atoms with Gasteiger partial charge in [0.05, 0.1) is 10.1 Å². The van der Waals surface area contributed by atoms with E-state index >= 15 is 0 Å². The summed E-state index contributed by atoms with van der Waals surface area (Å²) in [4.78, 5) is 22.4. The van der Waals surface area contributed by atoms with E-state index in [0.29, 0.717) is 27.8 Å². The first kappa shape index (κ1) is 25.2. The lowest BCUT2D eigenvalue weighted by Crippen LogP contribution is -2.27. The number of aromatic nitrogens is 3. The van der Waals surface area contributed by atoms with Crippen LogP contribution in [0.15, 0.2) is 40.2 Å². The monoisotopic (exact) mass is 528 g/mol. The second-order valence-electron chi connectivity index (χ2n) is 10.3. The van der Waals surface area contributed by atoms with E-state index in [1.54, 1.807) is 35.0 Å². The Morgan fingerprint density at radius 3 is 2.47 bits per heavy atom. The van der Waals surface area contributed by atoms with E-state index in [2.05, 4.69) is 22.2 Å². The van der Waals surface area contributed by atoms with Crippen molar-refractivity contribution in [1.82, 2.24) is 14.5 Å². The van der Waals surface area contributed by atoms with Crippen molar-refractivity contribution in [3.63, 3.8) is 0 Å². The van der Waals surface area contributed by atoms with E-state index in [0.717, 1.165) is 69.0 Å². The molecule has 1 aromatic carbocycles. The zero-order valence-corrected chi connectivity index (χ0v) is 22.4. The molecular formula is C27H33ClN4O3S. The third-order valence-electron chi connectivity index (χ3n) is 8.00. The Balaban J connectivity index is 1.42. The second kappa shape index (κ2) is 10.1. The first-order chi connectivity index (χ1) is 17.3. The van der Waals surface area contributed by atoms with Crippen molar-refractivity contribution in [1.29, 1.82) is 0 Å². The van der Waals surface area contributed by atoms with Crippen molar-refractivity contribution >= 4 is 44.1 Å². The molecule has 0 atom stereocenters. The molecule has 2 aromatic heterocycles. The predicted octanol–water partition coefficient (Wildman–Crippen LogP) is 6.35. The minimum Gasteiger partial charge on any atom is -0.324 e. The zero-order chi connectivity index (χ0) is 25.4. The fourth-order valence-electron chi connectivity index (χ4n) is 5.76. The molecular weight excluding hydrogens is 496 g/mol. The van der Waals surface area contributed by atoms with Crippen LogP contribution in [0.2, 0.25) is 5.02 Å². The number of nitrogens with one attached hydrogen (secondary N) is 1. The van der Waals surface area contributed by atoms with Crippen molar-refractivity contribution in [2.45, 2.75) is 87.8 Å². The molecule has 2 aliphatic rings. The summed E-state index contributed by atoms with van der Waals surface area (Å²) in [5.41, 5.74) is 1.87. The Morgan fingerprint density at radius 1 is 1.08 bits per heavy atom. The lowest BCUT2D eigenvalue weighted by atomic mass is 9.87. The van der Waals surface area contributed by atoms with Gasteiger partial charge in [0.2, 0.25) is 5.95 Å². The van der Waals surface area contributed by atoms with Crippen molar-refractivity contribution in [2.24, 2.45) is 5.92 Å². The Bertz CT molecular complexity index is 1440. The molecule has 0 amide bonds. The molecule has 2 heterocycles. The third kappa shape index (κ3) is 4.77. The summed E-state index contributed by atoms with van der Waals surface area (Å²) < 4.78 is 28.3. The van der Waals surface area contributed by atoms with Gasteiger partial charge in [-0.1, -0.05) is 37.8 Å². The second-order valence-corrected chi connectivity index (χ2v) is 12.9. The van der Waals surface area contributed by atoms with E-state index in [4.69, 9.17) is 11.6 Å². The average Bonchev–Trinajstić information content (AvgIpc) is 3.40. The van der Waals surface area contributed by atoms with Gasteiger partial charge < -0.3 is 5.32 Å². The van der Waals surface area contributed by atoms with Crippen molar-refractivity contribution < 1.29 is 8.42 Å². The number of fused-ring (bicyclic) bond motifs is 1. The summed E-state index contributed by atoms with van der Waals surface area (Å²) >= 11 is 6.23. The number of sulfone groups is 1. The van der Waals surface area contributed by atoms with Crippen LogP contribution in [0.25, 0.3) is 11.0 Å². The van der Waals surface area contributed by atoms with E-state index in [1.807, 2.05) is 6.92 Å². The van der Waals surface area contributed by atoms with Gasteiger partial charge in [-0.25, -0.2) is 13.4 Å². The van der Waals surface area contributed by atoms with E-state index < -0.39 is 9.84 Å². The number of aryl methyl sites for hydroxylation is 1. The fourth-order valence-corrected chi connectivity index (χ4v) is 7.85. The summed E-state index contributed by atoms with van der Waals surface area (Å²) in [6.07, 6.45) is 10.2. The number of rotatable bonds is 6. The molecule has 3 aromatic rings. The summed E-state index contributed by atoms with van der Waals surface area (Å²) in [6, 6.07) is 6.89. The number of halogens is 1. The van der Waals surface area contributed by atoms with Crippen LogP contribution in [0.4, 0.5) is 11.6 Å². The lowest BCUT2D eigenvalue weighted by Gasteiger charge is -2.27. The number of pyridine rings is 1. The van der Waals surface area contributed by atoms with E-state index in [-0.39, 0.29) is 21.9 Å². The molecule has 9 heteroatoms. The molecule has 0 radical (unpaired) electrons. The van der Waals surface area contributed by atoms with Gasteiger partial charge in [-0.3, -0.25) is 9.36 Å². The van der Waals surface area contributed by atoms with Crippen LogP contribution in [0, 0.1) is 12.8 Å². The van der Waals surface area contributed by atoms with Crippen molar-refractivity contribution in [2.75, 3.05) is 5.32 Å². The summed E-state index contributed by atoms with van der Waals surface area (Å²) in [7, 11) is -3.37. The number of hydrogen-bond donors (Lipinski definition) is 1. The maximum absolute atomic E-state index is 13.3. The lowest BCUT2D eigenvalue weighted by molar-refractivity contribution is 0.348. The van der Waals surface area contributed by atoms with Gasteiger partial charge in [-0.2, -0.15) is 4.98 Å². The van der Waals surface area contributed by atoms with Crippen LogP contribution in [-0.4, -0.2) is 28.2 Å². The molecule has 0 spiro atoms. The van der Waals surface area contributed by atoms with E-state index in [9.17, 15) is 13.2 Å². The minimum absolute atomic E-state index is 0.0834. The Hall–Kier alpha value is -2.45. The Labute approximate surface area is 217 Å². The Morgan fingerprint density at radius 2 is 1.81 bits per heavy atom. The first-order valence-corrected chi connectivity index (χ1v) is 14.9. The number of benzene rings is 1. The molecule has 1 N–H and O–H groups in total. The van der Waals surface area contributed by atoms with E-state index in [1.165, 1.54) is 0 Å². The molecule has 2 fully saturated rings. The van der Waals surface area contributed by atoms with Crippen LogP contribution in [0.1, 0.15) is 76.3 Å². The quantitative estimate of drug-likeness (QED) is 0.400. The standard InChI is InChI=1S/C27H33ClN4O3S/c1-3-18-8-10-21(11-9-18)36(34,35)22-12-13-24(17(2)14-22)30-27-29-16-19-15-23(28)26(33)32(25(19)31-27)20-6-4-5-7-20/h12-16,18,20-21H,3-11H2,1-2H3,(H,29,30,31). The highest BCUT2D eigenvalue weighted by Crippen LogP contribution is 2.35. The smallest absolute Gasteiger partial charge is 0.271 e. The SMILES string of the molecule is CCC1CCC(S(=O)(=O)c2ccc(Nc3ncc4cc(Cl)c(=O)n(C5CCCC5)c4n3)c(C)c2)CC1. The topological polar surface area (TPSA) is 94.0 Å². The van der Waals surface area contributed by atoms with Crippen LogP contribution < -0.4 is 10.9 Å². The fraction of sp³-hybridized carbons (Fsp3) is 0.519. The Kier molecular flexibility index (Phi) is 7.10. The highest BCUT2D eigenvalue weighted by atomic mass is 35.5. The van der Waals surface area contributed by atoms with Gasteiger partial charge >= 0.3 is 0 Å². The maximum atomic E-state index is 13.3. The highest BCUT2D eigenvalue weighted by molar-refractivity contribution is 7.92. The van der Waals surface area contributed by atoms with Crippen LogP contribution in [-0.2, 0) is 9.84 Å². The molecule has 36 heavy (non-hydrogen) atoms. The zero-order valence-electron chi connectivity index (χ0n) is 20.8. The van der Waals surface area contributed by atoms with Gasteiger partial charge in [0.15, 0.2) is 9.84 Å². The third-order valence-corrected chi connectivity index (χ3v) is 10.5. The molecule has 0 aliphatic heterocycles. The van der Waals surface area contributed by atoms with Gasteiger partial charge in [-0.05, 0) is 81.2 Å². The van der Waals surface area contributed by atoms with Gasteiger partial charge in [-0.15, -0.1) is 0 Å². The molecule has 0 bridgehead atoms. The van der Waals surface area contributed by atoms with Crippen LogP contribution in [0.5, 0.6) is 0 Å². The van der Waals surface area contributed by atoms with Gasteiger partial charge in [0.1, 0.15) is 10.7 Å². The summed E-state index contributed by atoms with van der Waals surface area (Å²) in [6.45, 7) is 4.06. The van der Waals surface area contributed by atoms with Crippen LogP contribution >= 0.6 is 11.6 Å². The molecule has 192 valence electrons. The van der Waals surface area contributed by atoms with Crippen molar-refractivity contribution in [3.8, 4) is 0 Å². The molecule has 2 aliphatic carbocycles. The summed E-state index contributed by atoms with van der Waals surface area (Å²) in [5, 5.41) is 3.81. The minimum atomic E-state index is -3.37. The first-order valence-electron chi connectivity index (χ1n) is 13.0. The molecule has 5 rings (SSSR count). The molecule has 2 saturated carbocycles. The largest absolute Gasteiger partial charge is 0.324 e.